The van der Waals surface area contributed by atoms with Gasteiger partial charge in [0.2, 0.25) is 0 Å². The molecule has 0 N–H and O–H groups in total. The molecule has 9 rings (SSSR count). The van der Waals surface area contributed by atoms with Crippen molar-refractivity contribution < 1.29 is 0 Å². The van der Waals surface area contributed by atoms with E-state index in [-0.39, 0.29) is 0 Å². The van der Waals surface area contributed by atoms with E-state index in [1.807, 2.05) is 13.8 Å². The fraction of sp³-hybridized carbons (Fsp3) is 0.184. The highest BCUT2D eigenvalue weighted by Crippen LogP contribution is 2.44. The molecule has 1 unspecified atom stereocenters. The maximum absolute atomic E-state index is 2.53. The van der Waals surface area contributed by atoms with Crippen LogP contribution in [0, 0.1) is 0 Å². The summed E-state index contributed by atoms with van der Waals surface area (Å²) in [6, 6.07) is 47.1. The molecule has 0 fully saturated rings. The Morgan fingerprint density at radius 1 is 0.580 bits per heavy atom. The molecule has 0 saturated carbocycles. The fourth-order valence-electron chi connectivity index (χ4n) is 8.20. The number of rotatable bonds is 6. The van der Waals surface area contributed by atoms with Crippen molar-refractivity contribution in [2.45, 2.75) is 58.8 Å². The van der Waals surface area contributed by atoms with Crippen molar-refractivity contribution in [1.29, 1.82) is 0 Å². The summed E-state index contributed by atoms with van der Waals surface area (Å²) >= 11 is 0. The summed E-state index contributed by atoms with van der Waals surface area (Å²) in [5, 5.41) is 2.73. The number of benzene rings is 6. The van der Waals surface area contributed by atoms with Gasteiger partial charge in [-0.05, 0) is 106 Å². The molecule has 1 atom stereocenters. The minimum Gasteiger partial charge on any atom is -0.309 e. The number of allylic oxidation sites excluding steroid dienone is 2. The summed E-state index contributed by atoms with van der Waals surface area (Å²) in [4.78, 5) is 0. The van der Waals surface area contributed by atoms with Crippen LogP contribution in [0.25, 0.3) is 61.9 Å². The van der Waals surface area contributed by atoms with Crippen molar-refractivity contribution in [3.63, 3.8) is 0 Å². The monoisotopic (exact) mass is 647 g/mol. The Morgan fingerprint density at radius 2 is 1.12 bits per heavy atom. The van der Waals surface area contributed by atoms with Gasteiger partial charge in [-0.2, -0.15) is 0 Å². The third kappa shape index (κ3) is 5.71. The molecule has 2 aliphatic carbocycles. The van der Waals surface area contributed by atoms with Crippen LogP contribution in [0.5, 0.6) is 0 Å². The molecule has 1 heteroatoms. The maximum atomic E-state index is 2.53. The first-order valence-electron chi connectivity index (χ1n) is 18.5. The van der Waals surface area contributed by atoms with E-state index >= 15 is 0 Å². The molecule has 1 heterocycles. The summed E-state index contributed by atoms with van der Waals surface area (Å²) < 4.78 is 2.53. The van der Waals surface area contributed by atoms with Crippen LogP contribution < -0.4 is 0 Å². The predicted molar refractivity (Wildman–Crippen MR) is 216 cm³/mol. The Labute approximate surface area is 297 Å². The summed E-state index contributed by atoms with van der Waals surface area (Å²) in [5.41, 5.74) is 17.6. The third-order valence-electron chi connectivity index (χ3n) is 10.6. The summed E-state index contributed by atoms with van der Waals surface area (Å²) in [6.07, 6.45) is 15.1. The molecule has 246 valence electrons. The van der Waals surface area contributed by atoms with Crippen LogP contribution in [-0.2, 0) is 19.3 Å². The number of fused-ring (bicyclic) bond motifs is 8. The topological polar surface area (TPSA) is 4.93 Å². The van der Waals surface area contributed by atoms with E-state index in [0.717, 1.165) is 32.1 Å². The molecule has 1 aromatic heterocycles. The zero-order valence-electron chi connectivity index (χ0n) is 29.5. The highest BCUT2D eigenvalue weighted by atomic mass is 15.0. The van der Waals surface area contributed by atoms with Crippen molar-refractivity contribution in [3.05, 3.63) is 173 Å². The molecule has 50 heavy (non-hydrogen) atoms. The lowest BCUT2D eigenvalue weighted by atomic mass is 9.82. The lowest BCUT2D eigenvalue weighted by molar-refractivity contribution is 0.759. The minimum atomic E-state index is 0.480. The second-order valence-electron chi connectivity index (χ2n) is 13.6. The Morgan fingerprint density at radius 3 is 1.78 bits per heavy atom. The van der Waals surface area contributed by atoms with E-state index in [1.54, 1.807) is 11.1 Å². The third-order valence-corrected chi connectivity index (χ3v) is 10.6. The van der Waals surface area contributed by atoms with Gasteiger partial charge >= 0.3 is 0 Å². The van der Waals surface area contributed by atoms with Crippen molar-refractivity contribution in [3.8, 4) is 27.9 Å². The van der Waals surface area contributed by atoms with E-state index in [4.69, 9.17) is 0 Å². The van der Waals surface area contributed by atoms with E-state index in [9.17, 15) is 0 Å². The Hall–Kier alpha value is -5.40. The molecule has 2 aliphatic rings. The normalized spacial score (nSPS) is 13.8. The zero-order chi connectivity index (χ0) is 34.0. The molecule has 1 nitrogen and oxygen atoms in total. The second-order valence-corrected chi connectivity index (χ2v) is 13.6. The largest absolute Gasteiger partial charge is 0.309 e. The molecule has 0 amide bonds. The quantitative estimate of drug-likeness (QED) is 0.169. The van der Waals surface area contributed by atoms with Gasteiger partial charge in [0.15, 0.2) is 0 Å². The van der Waals surface area contributed by atoms with Crippen LogP contribution >= 0.6 is 0 Å². The van der Waals surface area contributed by atoms with Gasteiger partial charge in [0, 0.05) is 22.0 Å². The average Bonchev–Trinajstić information content (AvgIpc) is 3.55. The van der Waals surface area contributed by atoms with Gasteiger partial charge in [-0.3, -0.25) is 0 Å². The van der Waals surface area contributed by atoms with Crippen LogP contribution in [-0.4, -0.2) is 4.57 Å². The first-order chi connectivity index (χ1) is 24.7. The summed E-state index contributed by atoms with van der Waals surface area (Å²) in [6.45, 7) is 6.32. The molecular weight excluding hydrogens is 603 g/mol. The molecule has 0 bridgehead atoms. The Bertz CT molecular complexity index is 2330. The van der Waals surface area contributed by atoms with Gasteiger partial charge in [-0.25, -0.2) is 0 Å². The van der Waals surface area contributed by atoms with Crippen LogP contribution in [0.15, 0.2) is 140 Å². The zero-order valence-corrected chi connectivity index (χ0v) is 29.5. The van der Waals surface area contributed by atoms with Crippen LogP contribution in [0.3, 0.4) is 0 Å². The number of nitrogens with zero attached hydrogens (tertiary/aromatic N) is 1. The molecule has 0 radical (unpaired) electrons. The Balaban J connectivity index is 0.00000177. The Kier molecular flexibility index (Phi) is 8.82. The van der Waals surface area contributed by atoms with Crippen molar-refractivity contribution in [1.82, 2.24) is 4.57 Å². The van der Waals surface area contributed by atoms with E-state index in [1.165, 1.54) is 72.0 Å². The van der Waals surface area contributed by atoms with Gasteiger partial charge in [-0.15, -0.1) is 0 Å². The van der Waals surface area contributed by atoms with E-state index in [2.05, 4.69) is 163 Å². The average molecular weight is 648 g/mol. The smallest absolute Gasteiger partial charge is 0.0622 e. The van der Waals surface area contributed by atoms with Crippen molar-refractivity contribution in [2.24, 2.45) is 0 Å². The molecule has 0 saturated heterocycles. The van der Waals surface area contributed by atoms with Crippen molar-refractivity contribution in [2.75, 3.05) is 0 Å². The molecule has 0 aliphatic heterocycles. The maximum Gasteiger partial charge on any atom is 0.0622 e. The van der Waals surface area contributed by atoms with E-state index in [0.29, 0.717) is 5.92 Å². The summed E-state index contributed by atoms with van der Waals surface area (Å²) in [5.74, 6) is 0.480. The van der Waals surface area contributed by atoms with Gasteiger partial charge in [0.1, 0.15) is 0 Å². The van der Waals surface area contributed by atoms with Gasteiger partial charge < -0.3 is 4.57 Å². The predicted octanol–water partition coefficient (Wildman–Crippen LogP) is 13.4. The van der Waals surface area contributed by atoms with Crippen molar-refractivity contribution >= 4 is 34.0 Å². The number of aromatic nitrogens is 1. The first kappa shape index (κ1) is 31.8. The van der Waals surface area contributed by atoms with Gasteiger partial charge in [-0.1, -0.05) is 154 Å². The summed E-state index contributed by atoms with van der Waals surface area (Å²) in [7, 11) is 0. The highest BCUT2D eigenvalue weighted by molar-refractivity contribution is 6.17. The van der Waals surface area contributed by atoms with E-state index < -0.39 is 0 Å². The molecule has 7 aromatic rings. The molecule has 6 aromatic carbocycles. The minimum absolute atomic E-state index is 0.480. The van der Waals surface area contributed by atoms with Crippen LogP contribution in [0.2, 0.25) is 0 Å². The number of para-hydroxylation sites is 1. The van der Waals surface area contributed by atoms with Crippen LogP contribution in [0.4, 0.5) is 0 Å². The number of hydrogen-bond donors (Lipinski definition) is 0. The lowest BCUT2D eigenvalue weighted by Crippen LogP contribution is -2.08. The van der Waals surface area contributed by atoms with Crippen LogP contribution in [0.1, 0.15) is 72.9 Å². The first-order valence-corrected chi connectivity index (χ1v) is 18.5. The highest BCUT2D eigenvalue weighted by Gasteiger charge is 2.25. The lowest BCUT2D eigenvalue weighted by Gasteiger charge is -2.23. The van der Waals surface area contributed by atoms with Gasteiger partial charge in [0.05, 0.1) is 11.0 Å². The fourth-order valence-corrected chi connectivity index (χ4v) is 8.20. The SMILES string of the molecule is CC.CC(Cc1ccccc1)c1ccc(-c2ccc(-c3ccc4c5c6c(c7c(c5n(-c5ccccc5)c4c3)C=CCC7)CCC=C6)cc2)cc1. The van der Waals surface area contributed by atoms with Gasteiger partial charge in [0.25, 0.3) is 0 Å². The molecule has 0 spiro atoms. The standard InChI is InChI=1S/C47H39N.C2H6/c1-32(30-33-12-4-2-5-13-33)34-20-22-35(23-21-34)36-24-26-37(27-25-36)38-28-29-44-45(31-38)48(39-14-6-3-7-15-39)47-43-19-11-9-17-41(43)40-16-8-10-18-42(40)46(44)47;1-2/h2-7,10-15,18-29,31-32H,8-9,16-17,30H2,1H3;1-2H3. The molecular formula is C49H45N. The second kappa shape index (κ2) is 13.8. The number of hydrogen-bond acceptors (Lipinski definition) is 0.